The predicted molar refractivity (Wildman–Crippen MR) is 96.0 cm³/mol. The minimum atomic E-state index is -3.73. The Morgan fingerprint density at radius 1 is 1.12 bits per heavy atom. The number of benzene rings is 2. The normalized spacial score (nSPS) is 12.1. The zero-order valence-electron chi connectivity index (χ0n) is 14.1. The molecule has 0 amide bonds. The number of halogens is 1. The first-order valence-electron chi connectivity index (χ1n) is 7.61. The van der Waals surface area contributed by atoms with Gasteiger partial charge in [-0.1, -0.05) is 24.3 Å². The van der Waals surface area contributed by atoms with Crippen LogP contribution in [0.5, 0.6) is 0 Å². The Morgan fingerprint density at radius 3 is 2.32 bits per heavy atom. The summed E-state index contributed by atoms with van der Waals surface area (Å²) in [6.45, 7) is 2.58. The third-order valence-corrected chi connectivity index (χ3v) is 4.50. The fraction of sp³-hybridized carbons (Fsp3) is 0.235. The second-order valence-corrected chi connectivity index (χ2v) is 7.12. The maximum absolute atomic E-state index is 13.3. The number of hydrogen-bond acceptors (Lipinski definition) is 3. The maximum Gasteiger partial charge on any atom is 0.238 e. The second kappa shape index (κ2) is 8.09. The number of hydrogen-bond donors (Lipinski definition) is 3. The van der Waals surface area contributed by atoms with Crippen molar-refractivity contribution in [1.29, 1.82) is 0 Å². The molecule has 134 valence electrons. The molecule has 0 bridgehead atoms. The third-order valence-electron chi connectivity index (χ3n) is 3.59. The molecule has 4 N–H and O–H groups in total. The van der Waals surface area contributed by atoms with E-state index in [2.05, 4.69) is 15.6 Å². The molecule has 2 aromatic carbocycles. The van der Waals surface area contributed by atoms with E-state index in [9.17, 15) is 12.8 Å². The number of aryl methyl sites for hydroxylation is 1. The highest BCUT2D eigenvalue weighted by atomic mass is 32.2. The van der Waals surface area contributed by atoms with Crippen LogP contribution in [0, 0.1) is 12.7 Å². The van der Waals surface area contributed by atoms with Gasteiger partial charge >= 0.3 is 0 Å². The minimum absolute atomic E-state index is 0.0662. The topological polar surface area (TPSA) is 96.6 Å². The van der Waals surface area contributed by atoms with Crippen molar-refractivity contribution in [2.24, 2.45) is 10.1 Å². The SMILES string of the molecule is CN=C(NCc1cccc(S(N)(=O)=O)c1)NCc1ccc(F)c(C)c1. The van der Waals surface area contributed by atoms with Gasteiger partial charge in [0.25, 0.3) is 0 Å². The molecular formula is C17H21FN4O2S. The highest BCUT2D eigenvalue weighted by molar-refractivity contribution is 7.89. The van der Waals surface area contributed by atoms with E-state index in [-0.39, 0.29) is 10.7 Å². The van der Waals surface area contributed by atoms with E-state index in [4.69, 9.17) is 5.14 Å². The number of nitrogens with zero attached hydrogens (tertiary/aromatic N) is 1. The van der Waals surface area contributed by atoms with E-state index in [0.717, 1.165) is 11.1 Å². The predicted octanol–water partition coefficient (Wildman–Crippen LogP) is 1.65. The van der Waals surface area contributed by atoms with Gasteiger partial charge in [-0.05, 0) is 41.8 Å². The number of nitrogens with two attached hydrogens (primary N) is 1. The van der Waals surface area contributed by atoms with E-state index in [1.165, 1.54) is 18.2 Å². The van der Waals surface area contributed by atoms with Crippen LogP contribution in [0.2, 0.25) is 0 Å². The summed E-state index contributed by atoms with van der Waals surface area (Å²) in [6.07, 6.45) is 0. The molecule has 2 aromatic rings. The lowest BCUT2D eigenvalue weighted by Crippen LogP contribution is -2.36. The van der Waals surface area contributed by atoms with Gasteiger partial charge in [-0.15, -0.1) is 0 Å². The molecule has 0 unspecified atom stereocenters. The average molecular weight is 364 g/mol. The van der Waals surface area contributed by atoms with Crippen LogP contribution in [0.1, 0.15) is 16.7 Å². The zero-order valence-corrected chi connectivity index (χ0v) is 14.9. The molecule has 0 fully saturated rings. The van der Waals surface area contributed by atoms with Crippen molar-refractivity contribution in [3.63, 3.8) is 0 Å². The van der Waals surface area contributed by atoms with Crippen molar-refractivity contribution in [3.8, 4) is 0 Å². The molecule has 0 saturated heterocycles. The van der Waals surface area contributed by atoms with Crippen molar-refractivity contribution < 1.29 is 12.8 Å². The quantitative estimate of drug-likeness (QED) is 0.555. The van der Waals surface area contributed by atoms with Gasteiger partial charge in [0.15, 0.2) is 5.96 Å². The van der Waals surface area contributed by atoms with Crippen LogP contribution >= 0.6 is 0 Å². The van der Waals surface area contributed by atoms with E-state index in [1.807, 2.05) is 0 Å². The third kappa shape index (κ3) is 5.54. The summed E-state index contributed by atoms with van der Waals surface area (Å²) in [5.74, 6) is 0.309. The van der Waals surface area contributed by atoms with E-state index < -0.39 is 10.0 Å². The fourth-order valence-corrected chi connectivity index (χ4v) is 2.83. The summed E-state index contributed by atoms with van der Waals surface area (Å²) in [4.78, 5) is 4.17. The van der Waals surface area contributed by atoms with Crippen molar-refractivity contribution in [2.75, 3.05) is 7.05 Å². The molecule has 0 aliphatic heterocycles. The van der Waals surface area contributed by atoms with Gasteiger partial charge in [-0.3, -0.25) is 4.99 Å². The number of rotatable bonds is 5. The van der Waals surface area contributed by atoms with Crippen LogP contribution < -0.4 is 15.8 Å². The first-order valence-corrected chi connectivity index (χ1v) is 9.15. The van der Waals surface area contributed by atoms with Gasteiger partial charge in [-0.2, -0.15) is 0 Å². The zero-order chi connectivity index (χ0) is 18.4. The summed E-state index contributed by atoms with van der Waals surface area (Å²) in [5, 5.41) is 11.3. The van der Waals surface area contributed by atoms with Gasteiger partial charge in [0.2, 0.25) is 10.0 Å². The van der Waals surface area contributed by atoms with Gasteiger partial charge in [-0.25, -0.2) is 17.9 Å². The summed E-state index contributed by atoms with van der Waals surface area (Å²) in [5.41, 5.74) is 2.27. The molecule has 2 rings (SSSR count). The Bertz CT molecular complexity index is 882. The summed E-state index contributed by atoms with van der Waals surface area (Å²) in [6, 6.07) is 11.3. The molecule has 0 aliphatic rings. The lowest BCUT2D eigenvalue weighted by molar-refractivity contribution is 0.597. The number of primary sulfonamides is 1. The maximum atomic E-state index is 13.3. The largest absolute Gasteiger partial charge is 0.352 e. The highest BCUT2D eigenvalue weighted by Gasteiger charge is 2.08. The average Bonchev–Trinajstić information content (AvgIpc) is 2.57. The van der Waals surface area contributed by atoms with E-state index >= 15 is 0 Å². The lowest BCUT2D eigenvalue weighted by atomic mass is 10.1. The summed E-state index contributed by atoms with van der Waals surface area (Å²) < 4.78 is 36.1. The molecular weight excluding hydrogens is 343 g/mol. The van der Waals surface area contributed by atoms with E-state index in [1.54, 1.807) is 38.2 Å². The van der Waals surface area contributed by atoms with Crippen LogP contribution in [0.25, 0.3) is 0 Å². The molecule has 0 spiro atoms. The second-order valence-electron chi connectivity index (χ2n) is 5.56. The van der Waals surface area contributed by atoms with E-state index in [0.29, 0.717) is 24.6 Å². The van der Waals surface area contributed by atoms with Crippen LogP contribution in [0.3, 0.4) is 0 Å². The van der Waals surface area contributed by atoms with Crippen molar-refractivity contribution >= 4 is 16.0 Å². The molecule has 0 saturated carbocycles. The Morgan fingerprint density at radius 2 is 1.76 bits per heavy atom. The van der Waals surface area contributed by atoms with Gasteiger partial charge in [0.1, 0.15) is 5.82 Å². The number of aliphatic imine (C=N–C) groups is 1. The highest BCUT2D eigenvalue weighted by Crippen LogP contribution is 2.10. The number of sulfonamides is 1. The van der Waals surface area contributed by atoms with Crippen LogP contribution in [0.15, 0.2) is 52.4 Å². The first kappa shape index (κ1) is 18.9. The standard InChI is InChI=1S/C17H21FN4O2S/c1-12-8-14(6-7-16(12)18)11-22-17(20-2)21-10-13-4-3-5-15(9-13)25(19,23)24/h3-9H,10-11H2,1-2H3,(H2,19,23,24)(H2,20,21,22). The summed E-state index contributed by atoms with van der Waals surface area (Å²) >= 11 is 0. The van der Waals surface area contributed by atoms with Crippen molar-refractivity contribution in [1.82, 2.24) is 10.6 Å². The molecule has 0 heterocycles. The lowest BCUT2D eigenvalue weighted by Gasteiger charge is -2.13. The smallest absolute Gasteiger partial charge is 0.238 e. The van der Waals surface area contributed by atoms with Crippen molar-refractivity contribution in [3.05, 3.63) is 65.0 Å². The number of guanidine groups is 1. The molecule has 0 atom stereocenters. The van der Waals surface area contributed by atoms with Crippen molar-refractivity contribution in [2.45, 2.75) is 24.9 Å². The Balaban J connectivity index is 1.95. The number of nitrogens with one attached hydrogen (secondary N) is 2. The molecule has 6 nitrogen and oxygen atoms in total. The molecule has 8 heteroatoms. The van der Waals surface area contributed by atoms with Crippen LogP contribution in [-0.2, 0) is 23.1 Å². The Hall–Kier alpha value is -2.45. The Kier molecular flexibility index (Phi) is 6.11. The molecule has 0 radical (unpaired) electrons. The molecule has 25 heavy (non-hydrogen) atoms. The minimum Gasteiger partial charge on any atom is -0.352 e. The van der Waals surface area contributed by atoms with Gasteiger partial charge < -0.3 is 10.6 Å². The summed E-state index contributed by atoms with van der Waals surface area (Å²) in [7, 11) is -2.10. The van der Waals surface area contributed by atoms with Gasteiger partial charge in [0.05, 0.1) is 4.90 Å². The van der Waals surface area contributed by atoms with Crippen LogP contribution in [0.4, 0.5) is 4.39 Å². The monoisotopic (exact) mass is 364 g/mol. The first-order chi connectivity index (χ1) is 11.8. The molecule has 0 aromatic heterocycles. The molecule has 0 aliphatic carbocycles. The Labute approximate surface area is 147 Å². The fourth-order valence-electron chi connectivity index (χ4n) is 2.24. The van der Waals surface area contributed by atoms with Crippen LogP contribution in [-0.4, -0.2) is 21.4 Å². The van der Waals surface area contributed by atoms with Gasteiger partial charge in [0, 0.05) is 20.1 Å².